The molecule has 0 spiro atoms. The van der Waals surface area contributed by atoms with Gasteiger partial charge in [0.2, 0.25) is 0 Å². The van der Waals surface area contributed by atoms with Crippen molar-refractivity contribution in [3.05, 3.63) is 81.4 Å². The molecule has 0 aliphatic carbocycles. The van der Waals surface area contributed by atoms with Crippen LogP contribution in [0.25, 0.3) is 27.6 Å². The van der Waals surface area contributed by atoms with Crippen molar-refractivity contribution in [3.63, 3.8) is 0 Å². The molecule has 5 nitrogen and oxygen atoms in total. The second kappa shape index (κ2) is 7.11. The molecule has 3 heterocycles. The molecule has 4 rings (SSSR count). The molecule has 0 unspecified atom stereocenters. The van der Waals surface area contributed by atoms with E-state index in [9.17, 15) is 4.79 Å². The lowest BCUT2D eigenvalue weighted by molar-refractivity contribution is 0.583. The van der Waals surface area contributed by atoms with E-state index in [1.165, 1.54) is 28.6 Å². The molecule has 1 aromatic carbocycles. The first kappa shape index (κ1) is 16.5. The molecule has 0 N–H and O–H groups in total. The van der Waals surface area contributed by atoms with Crippen molar-refractivity contribution in [3.8, 4) is 11.3 Å². The molecule has 128 valence electrons. The number of furan rings is 1. The van der Waals surface area contributed by atoms with Gasteiger partial charge in [-0.25, -0.2) is 4.98 Å². The van der Waals surface area contributed by atoms with Crippen LogP contribution < -0.4 is 5.56 Å². The van der Waals surface area contributed by atoms with Crippen LogP contribution in [0.4, 0.5) is 0 Å². The highest BCUT2D eigenvalue weighted by Crippen LogP contribution is 2.30. The van der Waals surface area contributed by atoms with Crippen LogP contribution >= 0.6 is 22.9 Å². The molecule has 0 atom stereocenters. The molecule has 7 heteroatoms. The molecule has 0 amide bonds. The van der Waals surface area contributed by atoms with Crippen molar-refractivity contribution < 1.29 is 4.42 Å². The monoisotopic (exact) mass is 381 g/mol. The van der Waals surface area contributed by atoms with E-state index in [0.29, 0.717) is 26.6 Å². The van der Waals surface area contributed by atoms with E-state index in [0.717, 1.165) is 5.56 Å². The summed E-state index contributed by atoms with van der Waals surface area (Å²) in [6.45, 7) is 0. The number of fused-ring (bicyclic) bond motifs is 1. The lowest BCUT2D eigenvalue weighted by Gasteiger charge is -1.99. The van der Waals surface area contributed by atoms with Crippen LogP contribution in [0.3, 0.4) is 0 Å². The average Bonchev–Trinajstić information content (AvgIpc) is 3.31. The highest BCUT2D eigenvalue weighted by molar-refractivity contribution is 7.17. The van der Waals surface area contributed by atoms with Crippen molar-refractivity contribution in [2.45, 2.75) is 0 Å². The third-order valence-corrected chi connectivity index (χ3v) is 4.77. The first-order chi connectivity index (χ1) is 12.7. The fraction of sp³-hybridized carbons (Fsp3) is 0. The minimum atomic E-state index is -0.275. The predicted octanol–water partition coefficient (Wildman–Crippen LogP) is 4.83. The van der Waals surface area contributed by atoms with E-state index in [1.54, 1.807) is 24.5 Å². The largest absolute Gasteiger partial charge is 0.464 e. The number of nitrogens with zero attached hydrogens (tertiary/aromatic N) is 3. The Morgan fingerprint density at radius 1 is 1.23 bits per heavy atom. The fourth-order valence-electron chi connectivity index (χ4n) is 2.48. The maximum atomic E-state index is 12.8. The summed E-state index contributed by atoms with van der Waals surface area (Å²) in [5.41, 5.74) is 1.38. The van der Waals surface area contributed by atoms with Crippen molar-refractivity contribution >= 4 is 45.4 Å². The normalized spacial score (nSPS) is 12.3. The van der Waals surface area contributed by atoms with Gasteiger partial charge in [0, 0.05) is 10.9 Å². The highest BCUT2D eigenvalue weighted by atomic mass is 35.5. The van der Waals surface area contributed by atoms with Gasteiger partial charge in [-0.15, -0.1) is 11.3 Å². The molecule has 3 aromatic heterocycles. The summed E-state index contributed by atoms with van der Waals surface area (Å²) in [5, 5.41) is 6.88. The zero-order valence-corrected chi connectivity index (χ0v) is 14.9. The molecule has 0 saturated heterocycles. The third kappa shape index (κ3) is 3.24. The summed E-state index contributed by atoms with van der Waals surface area (Å²) in [4.78, 5) is 17.7. The Labute approximate surface area is 157 Å². The van der Waals surface area contributed by atoms with Gasteiger partial charge in [-0.05, 0) is 23.8 Å². The summed E-state index contributed by atoms with van der Waals surface area (Å²) in [6, 6.07) is 13.2. The van der Waals surface area contributed by atoms with Gasteiger partial charge in [-0.3, -0.25) is 4.79 Å². The number of rotatable bonds is 4. The van der Waals surface area contributed by atoms with E-state index in [4.69, 9.17) is 16.0 Å². The van der Waals surface area contributed by atoms with Crippen LogP contribution in [0.1, 0.15) is 5.56 Å². The predicted molar refractivity (Wildman–Crippen MR) is 106 cm³/mol. The van der Waals surface area contributed by atoms with Gasteiger partial charge in [-0.2, -0.15) is 9.78 Å². The summed E-state index contributed by atoms with van der Waals surface area (Å²) in [7, 11) is 0. The van der Waals surface area contributed by atoms with Crippen molar-refractivity contribution in [2.24, 2.45) is 5.10 Å². The zero-order valence-electron chi connectivity index (χ0n) is 13.4. The maximum absolute atomic E-state index is 12.8. The lowest BCUT2D eigenvalue weighted by atomic mass is 10.2. The standard InChI is InChI=1S/C19H12ClN3O2S/c20-14(9-13-5-2-1-3-6-13)10-22-23-12-21-18-17(19(23)24)15(11-26-18)16-7-4-8-25-16/h1-12H/b14-9-,22-10-. The lowest BCUT2D eigenvalue weighted by Crippen LogP contribution is -2.16. The number of benzene rings is 1. The summed E-state index contributed by atoms with van der Waals surface area (Å²) >= 11 is 7.58. The van der Waals surface area contributed by atoms with Gasteiger partial charge in [0.05, 0.1) is 22.9 Å². The Bertz CT molecular complexity index is 1160. The average molecular weight is 382 g/mol. The number of halogens is 1. The second-order valence-electron chi connectivity index (χ2n) is 5.39. The molecule has 0 saturated carbocycles. The number of thiophene rings is 1. The summed E-state index contributed by atoms with van der Waals surface area (Å²) in [5.74, 6) is 0.624. The summed E-state index contributed by atoms with van der Waals surface area (Å²) < 4.78 is 6.58. The number of allylic oxidation sites excluding steroid dienone is 1. The van der Waals surface area contributed by atoms with Crippen LogP contribution in [0.15, 0.2) is 79.8 Å². The molecule has 0 aliphatic rings. The third-order valence-electron chi connectivity index (χ3n) is 3.67. The van der Waals surface area contributed by atoms with Crippen molar-refractivity contribution in [1.29, 1.82) is 0 Å². The molecule has 0 radical (unpaired) electrons. The van der Waals surface area contributed by atoms with Crippen molar-refractivity contribution in [2.75, 3.05) is 0 Å². The maximum Gasteiger partial charge on any atom is 0.283 e. The quantitative estimate of drug-likeness (QED) is 0.475. The molecule has 0 bridgehead atoms. The SMILES string of the molecule is O=c1c2c(-c3ccco3)csc2ncn1/N=C\C(Cl)=C\c1ccccc1. The Morgan fingerprint density at radius 2 is 2.08 bits per heavy atom. The molecule has 26 heavy (non-hydrogen) atoms. The summed E-state index contributed by atoms with van der Waals surface area (Å²) in [6.07, 6.45) is 6.14. The minimum absolute atomic E-state index is 0.275. The van der Waals surface area contributed by atoms with Crippen LogP contribution in [0, 0.1) is 0 Å². The molecular formula is C19H12ClN3O2S. The topological polar surface area (TPSA) is 60.4 Å². The van der Waals surface area contributed by atoms with E-state index in [2.05, 4.69) is 10.1 Å². The van der Waals surface area contributed by atoms with Crippen LogP contribution in [-0.2, 0) is 0 Å². The zero-order chi connectivity index (χ0) is 17.9. The van der Waals surface area contributed by atoms with Gasteiger partial charge < -0.3 is 4.42 Å². The van der Waals surface area contributed by atoms with Gasteiger partial charge in [0.1, 0.15) is 16.9 Å². The smallest absolute Gasteiger partial charge is 0.283 e. The minimum Gasteiger partial charge on any atom is -0.464 e. The number of aromatic nitrogens is 2. The van der Waals surface area contributed by atoms with Crippen molar-refractivity contribution in [1.82, 2.24) is 9.66 Å². The highest BCUT2D eigenvalue weighted by Gasteiger charge is 2.14. The Balaban J connectivity index is 1.71. The van der Waals surface area contributed by atoms with Gasteiger partial charge >= 0.3 is 0 Å². The molecule has 0 fully saturated rings. The van der Waals surface area contributed by atoms with Crippen LogP contribution in [0.2, 0.25) is 0 Å². The number of hydrogen-bond acceptors (Lipinski definition) is 5. The van der Waals surface area contributed by atoms with E-state index < -0.39 is 0 Å². The van der Waals surface area contributed by atoms with Gasteiger partial charge in [-0.1, -0.05) is 41.9 Å². The number of hydrogen-bond donors (Lipinski definition) is 0. The first-order valence-electron chi connectivity index (χ1n) is 7.72. The Hall–Kier alpha value is -2.96. The molecule has 4 aromatic rings. The first-order valence-corrected chi connectivity index (χ1v) is 8.97. The van der Waals surface area contributed by atoms with Gasteiger partial charge in [0.15, 0.2) is 0 Å². The van der Waals surface area contributed by atoms with E-state index in [-0.39, 0.29) is 5.56 Å². The van der Waals surface area contributed by atoms with Crippen LogP contribution in [-0.4, -0.2) is 15.9 Å². The van der Waals surface area contributed by atoms with Gasteiger partial charge in [0.25, 0.3) is 5.56 Å². The molecular weight excluding hydrogens is 370 g/mol. The Kier molecular flexibility index (Phi) is 4.51. The second-order valence-corrected chi connectivity index (χ2v) is 6.68. The van der Waals surface area contributed by atoms with E-state index >= 15 is 0 Å². The molecule has 0 aliphatic heterocycles. The van der Waals surface area contributed by atoms with E-state index in [1.807, 2.05) is 35.7 Å². The van der Waals surface area contributed by atoms with Crippen LogP contribution in [0.5, 0.6) is 0 Å². The fourth-order valence-corrected chi connectivity index (χ4v) is 3.54. The Morgan fingerprint density at radius 3 is 2.85 bits per heavy atom.